The summed E-state index contributed by atoms with van der Waals surface area (Å²) in [5, 5.41) is 11.2. The Kier molecular flexibility index (Phi) is 6.12. The van der Waals surface area contributed by atoms with Gasteiger partial charge < -0.3 is 5.11 Å². The fraction of sp³-hybridized carbons (Fsp3) is 0. The molecule has 19 heavy (non-hydrogen) atoms. The van der Waals surface area contributed by atoms with Crippen LogP contribution in [0.1, 0.15) is 0 Å². The molecule has 0 heterocycles. The normalized spacial score (nSPS) is 14.5. The number of Topliss-reactive ketones (excluding diaryl/α,β-unsaturated/α-hetero) is 1. The summed E-state index contributed by atoms with van der Waals surface area (Å²) in [4.78, 5) is 15.5. The van der Waals surface area contributed by atoms with Crippen LogP contribution in [0.25, 0.3) is 0 Å². The van der Waals surface area contributed by atoms with Gasteiger partial charge in [0.1, 0.15) is 0 Å². The Hall–Kier alpha value is -0.290. The van der Waals surface area contributed by atoms with E-state index in [0.717, 1.165) is 0 Å². The van der Waals surface area contributed by atoms with Crippen LogP contribution in [0.2, 0.25) is 5.02 Å². The van der Waals surface area contributed by atoms with Crippen LogP contribution in [0.5, 0.6) is 5.75 Å². The van der Waals surface area contributed by atoms with Gasteiger partial charge in [-0.1, -0.05) is 46.6 Å². The number of benzene rings is 1. The van der Waals surface area contributed by atoms with Crippen molar-refractivity contribution >= 4 is 52.0 Å². The maximum atomic E-state index is 11.3. The van der Waals surface area contributed by atoms with E-state index < -0.39 is 5.78 Å². The van der Waals surface area contributed by atoms with E-state index in [2.05, 4.69) is 4.99 Å². The first kappa shape index (κ1) is 16.8. The van der Waals surface area contributed by atoms with E-state index in [-0.39, 0.29) is 50.4 Å². The number of rotatable bonds is 1. The number of hydrogen-bond donors (Lipinski definition) is 0. The molecule has 3 nitrogen and oxygen atoms in total. The predicted molar refractivity (Wildman–Crippen MR) is 70.9 cm³/mol. The van der Waals surface area contributed by atoms with E-state index in [1.54, 1.807) is 0 Å². The molecule has 0 bridgehead atoms. The molecule has 1 aliphatic carbocycles. The molecule has 1 aromatic carbocycles. The van der Waals surface area contributed by atoms with Gasteiger partial charge in [0, 0.05) is 5.02 Å². The summed E-state index contributed by atoms with van der Waals surface area (Å²) in [5.41, 5.74) is 0.893. The second-order valence-electron chi connectivity index (χ2n) is 3.47. The van der Waals surface area contributed by atoms with E-state index >= 15 is 0 Å². The fourth-order valence-corrected chi connectivity index (χ4v) is 1.97. The average molecular weight is 325 g/mol. The number of carbonyl (C=O) groups excluding carboxylic acids is 1. The molecular formula is C12H5Cl3NNaO2. The van der Waals surface area contributed by atoms with E-state index in [1.807, 2.05) is 0 Å². The Morgan fingerprint density at radius 2 is 1.63 bits per heavy atom. The summed E-state index contributed by atoms with van der Waals surface area (Å²) in [7, 11) is 0. The molecule has 0 saturated carbocycles. The van der Waals surface area contributed by atoms with Gasteiger partial charge in [-0.05, 0) is 24.3 Å². The predicted octanol–water partition coefficient (Wildman–Crippen LogP) is 0.318. The number of nitrogens with zero attached hydrogens (tertiary/aromatic N) is 1. The first-order valence-electron chi connectivity index (χ1n) is 4.82. The number of aliphatic imine (C=N–C) groups is 1. The van der Waals surface area contributed by atoms with Gasteiger partial charge in [-0.15, -0.1) is 0 Å². The van der Waals surface area contributed by atoms with Crippen LogP contribution in [-0.2, 0) is 4.79 Å². The van der Waals surface area contributed by atoms with Crippen LogP contribution >= 0.6 is 34.8 Å². The average Bonchev–Trinajstić information content (AvgIpc) is 2.31. The minimum atomic E-state index is -0.440. The van der Waals surface area contributed by atoms with Crippen molar-refractivity contribution < 1.29 is 39.5 Å². The topological polar surface area (TPSA) is 52.5 Å². The van der Waals surface area contributed by atoms with Crippen LogP contribution in [0, 0.1) is 0 Å². The summed E-state index contributed by atoms with van der Waals surface area (Å²) in [6.45, 7) is 0. The second kappa shape index (κ2) is 6.93. The summed E-state index contributed by atoms with van der Waals surface area (Å²) < 4.78 is 0. The van der Waals surface area contributed by atoms with Crippen molar-refractivity contribution in [3.8, 4) is 5.75 Å². The molecule has 2 rings (SSSR count). The molecule has 0 spiro atoms. The van der Waals surface area contributed by atoms with E-state index in [1.165, 1.54) is 30.4 Å². The largest absolute Gasteiger partial charge is 1.00 e. The Balaban J connectivity index is 0.00000180. The zero-order valence-electron chi connectivity index (χ0n) is 9.78. The summed E-state index contributed by atoms with van der Waals surface area (Å²) in [5.74, 6) is -0.716. The van der Waals surface area contributed by atoms with Gasteiger partial charge in [-0.3, -0.25) is 4.79 Å². The first-order chi connectivity index (χ1) is 8.47. The van der Waals surface area contributed by atoms with Gasteiger partial charge in [0.15, 0.2) is 0 Å². The van der Waals surface area contributed by atoms with Crippen molar-refractivity contribution in [1.29, 1.82) is 0 Å². The molecule has 92 valence electrons. The van der Waals surface area contributed by atoms with Gasteiger partial charge in [0.2, 0.25) is 5.78 Å². The quantitative estimate of drug-likeness (QED) is 0.552. The van der Waals surface area contributed by atoms with Crippen molar-refractivity contribution in [2.24, 2.45) is 4.99 Å². The second-order valence-corrected chi connectivity index (χ2v) is 4.69. The molecule has 0 unspecified atom stereocenters. The number of allylic oxidation sites excluding steroid dienone is 4. The number of halogens is 3. The molecule has 0 saturated heterocycles. The van der Waals surface area contributed by atoms with Gasteiger partial charge in [0.25, 0.3) is 0 Å². The first-order valence-corrected chi connectivity index (χ1v) is 5.95. The molecule has 0 fully saturated rings. The molecule has 0 aromatic heterocycles. The number of ketones is 1. The maximum Gasteiger partial charge on any atom is 1.00 e. The van der Waals surface area contributed by atoms with Crippen LogP contribution in [0.3, 0.4) is 0 Å². The molecule has 0 amide bonds. The third-order valence-corrected chi connectivity index (χ3v) is 3.01. The molecule has 0 radical (unpaired) electrons. The smallest absolute Gasteiger partial charge is 0.871 e. The van der Waals surface area contributed by atoms with E-state index in [4.69, 9.17) is 34.8 Å². The zero-order chi connectivity index (χ0) is 13.3. The maximum absolute atomic E-state index is 11.3. The Bertz CT molecular complexity index is 599. The van der Waals surface area contributed by atoms with Gasteiger partial charge in [-0.2, -0.15) is 0 Å². The number of carbonyl (C=O) groups is 1. The van der Waals surface area contributed by atoms with Crippen molar-refractivity contribution in [1.82, 2.24) is 0 Å². The summed E-state index contributed by atoms with van der Waals surface area (Å²) in [6, 6.07) is 4.25. The molecule has 1 aromatic rings. The Morgan fingerprint density at radius 3 is 2.16 bits per heavy atom. The van der Waals surface area contributed by atoms with Gasteiger partial charge >= 0.3 is 29.6 Å². The molecule has 0 aliphatic heterocycles. The summed E-state index contributed by atoms with van der Waals surface area (Å²) in [6.07, 6.45) is 2.80. The van der Waals surface area contributed by atoms with Gasteiger partial charge in [0.05, 0.1) is 21.5 Å². The minimum absolute atomic E-state index is 0. The SMILES string of the molecule is O=C1C(Cl)=CC(=Nc2ccc([O-])c(Cl)c2)C=C1Cl.[Na+]. The van der Waals surface area contributed by atoms with Crippen molar-refractivity contribution in [3.05, 3.63) is 45.4 Å². The monoisotopic (exact) mass is 323 g/mol. The standard InChI is InChI=1S/C12H6Cl3NO2.Na/c13-8-3-6(1-2-11(8)17)16-7-4-9(14)12(18)10(15)5-7;/h1-5,17H;/q;+1/p-1. The Labute approximate surface area is 146 Å². The van der Waals surface area contributed by atoms with E-state index in [0.29, 0.717) is 11.4 Å². The zero-order valence-corrected chi connectivity index (χ0v) is 14.1. The molecule has 7 heteroatoms. The minimum Gasteiger partial charge on any atom is -0.871 e. The third-order valence-electron chi connectivity index (χ3n) is 2.16. The Morgan fingerprint density at radius 1 is 1.05 bits per heavy atom. The molecule has 0 N–H and O–H groups in total. The summed E-state index contributed by atoms with van der Waals surface area (Å²) >= 11 is 17.1. The fourth-order valence-electron chi connectivity index (χ4n) is 1.32. The third kappa shape index (κ3) is 4.09. The molecule has 1 aliphatic rings. The van der Waals surface area contributed by atoms with Crippen LogP contribution < -0.4 is 34.7 Å². The van der Waals surface area contributed by atoms with Crippen molar-refractivity contribution in [2.45, 2.75) is 0 Å². The van der Waals surface area contributed by atoms with Crippen LogP contribution in [-0.4, -0.2) is 11.5 Å². The van der Waals surface area contributed by atoms with Gasteiger partial charge in [-0.25, -0.2) is 4.99 Å². The van der Waals surface area contributed by atoms with Crippen LogP contribution in [0.4, 0.5) is 5.69 Å². The van der Waals surface area contributed by atoms with Crippen LogP contribution in [0.15, 0.2) is 45.4 Å². The van der Waals surface area contributed by atoms with Crippen molar-refractivity contribution in [3.63, 3.8) is 0 Å². The molecular weight excluding hydrogens is 319 g/mol. The number of hydrogen-bond acceptors (Lipinski definition) is 3. The van der Waals surface area contributed by atoms with Crippen molar-refractivity contribution in [2.75, 3.05) is 0 Å². The molecule has 0 atom stereocenters. The van der Waals surface area contributed by atoms with E-state index in [9.17, 15) is 9.90 Å².